The van der Waals surface area contributed by atoms with Crippen LogP contribution in [0.15, 0.2) is 0 Å². The van der Waals surface area contributed by atoms with E-state index in [-0.39, 0.29) is 24.0 Å². The SMILES string of the molecule is CCN1CCC[C@H]1C(=O)NCC1(CO)CCC1. The van der Waals surface area contributed by atoms with Crippen molar-refractivity contribution in [3.05, 3.63) is 0 Å². The van der Waals surface area contributed by atoms with Crippen LogP contribution < -0.4 is 5.32 Å². The summed E-state index contributed by atoms with van der Waals surface area (Å²) in [6.45, 7) is 4.95. The summed E-state index contributed by atoms with van der Waals surface area (Å²) in [5.41, 5.74) is -0.00862. The zero-order valence-electron chi connectivity index (χ0n) is 10.7. The van der Waals surface area contributed by atoms with E-state index < -0.39 is 0 Å². The van der Waals surface area contributed by atoms with Crippen LogP contribution in [0.1, 0.15) is 39.0 Å². The van der Waals surface area contributed by atoms with E-state index in [2.05, 4.69) is 17.1 Å². The third-order valence-electron chi connectivity index (χ3n) is 4.46. The molecule has 0 aromatic heterocycles. The first-order valence-electron chi connectivity index (χ1n) is 6.83. The van der Waals surface area contributed by atoms with E-state index >= 15 is 0 Å². The van der Waals surface area contributed by atoms with Crippen molar-refractivity contribution in [1.82, 2.24) is 10.2 Å². The molecular weight excluding hydrogens is 216 g/mol. The molecule has 1 atom stereocenters. The van der Waals surface area contributed by atoms with Crippen LogP contribution in [0.4, 0.5) is 0 Å². The fourth-order valence-electron chi connectivity index (χ4n) is 2.96. The van der Waals surface area contributed by atoms with Gasteiger partial charge in [-0.3, -0.25) is 9.69 Å². The Morgan fingerprint density at radius 2 is 2.24 bits per heavy atom. The first kappa shape index (κ1) is 12.8. The summed E-state index contributed by atoms with van der Waals surface area (Å²) in [5.74, 6) is 0.157. The lowest BCUT2D eigenvalue weighted by Crippen LogP contribution is -2.49. The third kappa shape index (κ3) is 2.63. The quantitative estimate of drug-likeness (QED) is 0.745. The highest BCUT2D eigenvalue weighted by molar-refractivity contribution is 5.82. The summed E-state index contributed by atoms with van der Waals surface area (Å²) in [5, 5.41) is 12.4. The minimum Gasteiger partial charge on any atom is -0.396 e. The van der Waals surface area contributed by atoms with Gasteiger partial charge >= 0.3 is 0 Å². The number of carbonyl (C=O) groups excluding carboxylic acids is 1. The molecule has 0 aromatic rings. The van der Waals surface area contributed by atoms with Gasteiger partial charge in [-0.25, -0.2) is 0 Å². The average molecular weight is 240 g/mol. The van der Waals surface area contributed by atoms with Crippen molar-refractivity contribution in [3.8, 4) is 0 Å². The van der Waals surface area contributed by atoms with E-state index in [0.717, 1.165) is 38.8 Å². The van der Waals surface area contributed by atoms with Crippen molar-refractivity contribution in [2.24, 2.45) is 5.41 Å². The molecule has 1 aliphatic heterocycles. The average Bonchev–Trinajstić information content (AvgIpc) is 2.76. The number of nitrogens with zero attached hydrogens (tertiary/aromatic N) is 1. The van der Waals surface area contributed by atoms with Gasteiger partial charge in [0.2, 0.25) is 5.91 Å². The fraction of sp³-hybridized carbons (Fsp3) is 0.923. The molecular formula is C13H24N2O2. The van der Waals surface area contributed by atoms with Crippen LogP contribution in [-0.2, 0) is 4.79 Å². The van der Waals surface area contributed by atoms with Crippen molar-refractivity contribution >= 4 is 5.91 Å². The molecule has 1 amide bonds. The summed E-state index contributed by atoms with van der Waals surface area (Å²) in [7, 11) is 0. The van der Waals surface area contributed by atoms with E-state index in [1.54, 1.807) is 0 Å². The molecule has 1 saturated heterocycles. The van der Waals surface area contributed by atoms with E-state index in [1.165, 1.54) is 6.42 Å². The largest absolute Gasteiger partial charge is 0.396 e. The van der Waals surface area contributed by atoms with Gasteiger partial charge in [-0.2, -0.15) is 0 Å². The summed E-state index contributed by atoms with van der Waals surface area (Å²) < 4.78 is 0. The number of rotatable bonds is 5. The van der Waals surface area contributed by atoms with Crippen molar-refractivity contribution in [3.63, 3.8) is 0 Å². The molecule has 1 heterocycles. The van der Waals surface area contributed by atoms with Crippen LogP contribution in [-0.4, -0.2) is 48.2 Å². The normalized spacial score (nSPS) is 27.8. The van der Waals surface area contributed by atoms with Crippen LogP contribution in [0, 0.1) is 5.41 Å². The van der Waals surface area contributed by atoms with Gasteiger partial charge in [-0.1, -0.05) is 13.3 Å². The zero-order valence-corrected chi connectivity index (χ0v) is 10.7. The van der Waals surface area contributed by atoms with Gasteiger partial charge in [0, 0.05) is 12.0 Å². The fourth-order valence-corrected chi connectivity index (χ4v) is 2.96. The molecule has 0 aromatic carbocycles. The van der Waals surface area contributed by atoms with Crippen molar-refractivity contribution in [1.29, 1.82) is 0 Å². The number of hydrogen-bond donors (Lipinski definition) is 2. The number of hydrogen-bond acceptors (Lipinski definition) is 3. The molecule has 2 fully saturated rings. The number of aliphatic hydroxyl groups is 1. The van der Waals surface area contributed by atoms with Gasteiger partial charge in [-0.15, -0.1) is 0 Å². The Balaban J connectivity index is 1.80. The van der Waals surface area contributed by atoms with E-state index in [0.29, 0.717) is 6.54 Å². The maximum atomic E-state index is 12.1. The Morgan fingerprint density at radius 1 is 1.47 bits per heavy atom. The second-order valence-electron chi connectivity index (χ2n) is 5.52. The Morgan fingerprint density at radius 3 is 2.76 bits per heavy atom. The van der Waals surface area contributed by atoms with Gasteiger partial charge in [0.05, 0.1) is 12.6 Å². The second-order valence-corrected chi connectivity index (χ2v) is 5.52. The molecule has 4 heteroatoms. The highest BCUT2D eigenvalue weighted by atomic mass is 16.3. The predicted octanol–water partition coefficient (Wildman–Crippen LogP) is 0.749. The number of nitrogens with one attached hydrogen (secondary N) is 1. The second kappa shape index (κ2) is 5.36. The number of aliphatic hydroxyl groups excluding tert-OH is 1. The van der Waals surface area contributed by atoms with E-state index in [1.807, 2.05) is 0 Å². The van der Waals surface area contributed by atoms with Gasteiger partial charge in [0.25, 0.3) is 0 Å². The lowest BCUT2D eigenvalue weighted by Gasteiger charge is -2.40. The molecule has 0 bridgehead atoms. The molecule has 2 aliphatic rings. The Hall–Kier alpha value is -0.610. The smallest absolute Gasteiger partial charge is 0.237 e. The molecule has 1 saturated carbocycles. The van der Waals surface area contributed by atoms with E-state index in [4.69, 9.17) is 0 Å². The summed E-state index contributed by atoms with van der Waals surface area (Å²) in [6.07, 6.45) is 5.38. The number of likely N-dealkylation sites (N-methyl/N-ethyl adjacent to an activating group) is 1. The van der Waals surface area contributed by atoms with Crippen LogP contribution in [0.5, 0.6) is 0 Å². The minimum atomic E-state index is -0.00862. The molecule has 0 spiro atoms. The molecule has 1 aliphatic carbocycles. The van der Waals surface area contributed by atoms with Crippen LogP contribution in [0.25, 0.3) is 0 Å². The number of likely N-dealkylation sites (tertiary alicyclic amines) is 1. The van der Waals surface area contributed by atoms with Crippen LogP contribution in [0.3, 0.4) is 0 Å². The summed E-state index contributed by atoms with van der Waals surface area (Å²) >= 11 is 0. The zero-order chi connectivity index (χ0) is 12.3. The molecule has 0 radical (unpaired) electrons. The monoisotopic (exact) mass is 240 g/mol. The standard InChI is InChI=1S/C13H24N2O2/c1-2-15-8-3-5-11(15)12(17)14-9-13(10-16)6-4-7-13/h11,16H,2-10H2,1H3,(H,14,17)/t11-/m0/s1. The molecule has 17 heavy (non-hydrogen) atoms. The molecule has 4 nitrogen and oxygen atoms in total. The van der Waals surface area contributed by atoms with E-state index in [9.17, 15) is 9.90 Å². The first-order chi connectivity index (χ1) is 8.21. The number of amides is 1. The van der Waals surface area contributed by atoms with Crippen LogP contribution >= 0.6 is 0 Å². The maximum absolute atomic E-state index is 12.1. The Labute approximate surface area is 103 Å². The summed E-state index contributed by atoms with van der Waals surface area (Å²) in [4.78, 5) is 14.3. The van der Waals surface area contributed by atoms with Crippen LogP contribution in [0.2, 0.25) is 0 Å². The number of carbonyl (C=O) groups is 1. The Bertz CT molecular complexity index is 271. The first-order valence-corrected chi connectivity index (χ1v) is 6.83. The lowest BCUT2D eigenvalue weighted by atomic mass is 9.69. The van der Waals surface area contributed by atoms with Crippen molar-refractivity contribution in [2.75, 3.05) is 26.2 Å². The summed E-state index contributed by atoms with van der Waals surface area (Å²) in [6, 6.07) is 0.0656. The third-order valence-corrected chi connectivity index (χ3v) is 4.46. The van der Waals surface area contributed by atoms with Crippen molar-refractivity contribution in [2.45, 2.75) is 45.1 Å². The maximum Gasteiger partial charge on any atom is 0.237 e. The predicted molar refractivity (Wildman–Crippen MR) is 66.6 cm³/mol. The molecule has 0 unspecified atom stereocenters. The van der Waals surface area contributed by atoms with Gasteiger partial charge in [0.1, 0.15) is 0 Å². The minimum absolute atomic E-state index is 0.00862. The molecule has 2 N–H and O–H groups in total. The van der Waals surface area contributed by atoms with Gasteiger partial charge in [-0.05, 0) is 38.8 Å². The highest BCUT2D eigenvalue weighted by Crippen LogP contribution is 2.39. The van der Waals surface area contributed by atoms with Gasteiger partial charge < -0.3 is 10.4 Å². The Kier molecular flexibility index (Phi) is 4.05. The topological polar surface area (TPSA) is 52.6 Å². The molecule has 98 valence electrons. The molecule has 2 rings (SSSR count). The lowest BCUT2D eigenvalue weighted by molar-refractivity contribution is -0.126. The van der Waals surface area contributed by atoms with Gasteiger partial charge in [0.15, 0.2) is 0 Å². The van der Waals surface area contributed by atoms with Crippen molar-refractivity contribution < 1.29 is 9.90 Å². The highest BCUT2D eigenvalue weighted by Gasteiger charge is 2.37.